The van der Waals surface area contributed by atoms with Gasteiger partial charge in [0, 0.05) is 6.42 Å². The first kappa shape index (κ1) is 11.0. The van der Waals surface area contributed by atoms with E-state index < -0.39 is 0 Å². The van der Waals surface area contributed by atoms with Gasteiger partial charge in [0.2, 0.25) is 0 Å². The van der Waals surface area contributed by atoms with Gasteiger partial charge in [-0.3, -0.25) is 0 Å². The number of hydrogen-bond acceptors (Lipinski definition) is 0. The summed E-state index contributed by atoms with van der Waals surface area (Å²) in [7, 11) is 0. The van der Waals surface area contributed by atoms with Gasteiger partial charge < -0.3 is 1.43 Å². The summed E-state index contributed by atoms with van der Waals surface area (Å²) < 4.78 is 0. The largest absolute Gasteiger partial charge is 1.00 e. The number of unbranched alkanes of at least 4 members (excludes halogenated alkanes) is 3. The van der Waals surface area contributed by atoms with Gasteiger partial charge >= 0.3 is 18.9 Å². The van der Waals surface area contributed by atoms with Crippen LogP contribution in [-0.2, 0) is 0 Å². The number of hydrogen-bond donors (Lipinski definition) is 0. The average Bonchev–Trinajstić information content (AvgIpc) is 1.69. The number of terminal acetylenes is 1. The van der Waals surface area contributed by atoms with Crippen LogP contribution in [-0.4, -0.2) is 0 Å². The molecule has 0 saturated heterocycles. The van der Waals surface area contributed by atoms with Crippen LogP contribution >= 0.6 is 0 Å². The summed E-state index contributed by atoms with van der Waals surface area (Å²) in [5.74, 6) is 2.60. The van der Waals surface area contributed by atoms with Gasteiger partial charge in [0.25, 0.3) is 0 Å². The van der Waals surface area contributed by atoms with Gasteiger partial charge in [0.15, 0.2) is 0 Å². The van der Waals surface area contributed by atoms with E-state index >= 15 is 0 Å². The molecular formula is C7H13Li. The van der Waals surface area contributed by atoms with Crippen LogP contribution in [0.4, 0.5) is 0 Å². The van der Waals surface area contributed by atoms with E-state index in [0.29, 0.717) is 0 Å². The molecule has 0 fully saturated rings. The first-order chi connectivity index (χ1) is 3.41. The molecule has 42 valence electrons. The Morgan fingerprint density at radius 3 is 2.50 bits per heavy atom. The minimum Gasteiger partial charge on any atom is -1.00 e. The van der Waals surface area contributed by atoms with Gasteiger partial charge in [-0.2, -0.15) is 0 Å². The van der Waals surface area contributed by atoms with Crippen molar-refractivity contribution in [3.05, 3.63) is 0 Å². The van der Waals surface area contributed by atoms with Crippen LogP contribution in [0, 0.1) is 12.3 Å². The van der Waals surface area contributed by atoms with Gasteiger partial charge in [-0.15, -0.1) is 12.3 Å². The van der Waals surface area contributed by atoms with Crippen molar-refractivity contribution in [1.82, 2.24) is 0 Å². The molecule has 0 radical (unpaired) electrons. The zero-order valence-corrected chi connectivity index (χ0v) is 5.91. The molecular weight excluding hydrogens is 91.0 g/mol. The van der Waals surface area contributed by atoms with Crippen LogP contribution in [0.5, 0.6) is 0 Å². The van der Waals surface area contributed by atoms with E-state index in [4.69, 9.17) is 6.42 Å². The van der Waals surface area contributed by atoms with Crippen molar-refractivity contribution in [1.29, 1.82) is 0 Å². The minimum absolute atomic E-state index is 0. The molecule has 0 unspecified atom stereocenters. The third-order valence-electron chi connectivity index (χ3n) is 0.925. The van der Waals surface area contributed by atoms with Crippen LogP contribution in [0.15, 0.2) is 0 Å². The fourth-order valence-corrected chi connectivity index (χ4v) is 0.477. The molecule has 0 aliphatic carbocycles. The Balaban J connectivity index is -0.000000180. The second kappa shape index (κ2) is 10.2. The molecule has 0 nitrogen and oxygen atoms in total. The smallest absolute Gasteiger partial charge is 1.00 e. The first-order valence-corrected chi connectivity index (χ1v) is 2.85. The number of rotatable bonds is 3. The van der Waals surface area contributed by atoms with Crippen LogP contribution in [0.3, 0.4) is 0 Å². The fourth-order valence-electron chi connectivity index (χ4n) is 0.477. The van der Waals surface area contributed by atoms with Crippen molar-refractivity contribution in [3.63, 3.8) is 0 Å². The van der Waals surface area contributed by atoms with Crippen molar-refractivity contribution >= 4 is 0 Å². The molecule has 0 rings (SSSR count). The van der Waals surface area contributed by atoms with E-state index in [1.807, 2.05) is 0 Å². The molecule has 8 heavy (non-hydrogen) atoms. The molecule has 0 aromatic heterocycles. The van der Waals surface area contributed by atoms with Crippen molar-refractivity contribution in [2.24, 2.45) is 0 Å². The quantitative estimate of drug-likeness (QED) is 0.253. The Kier molecular flexibility index (Phi) is 14.1. The van der Waals surface area contributed by atoms with Gasteiger partial charge in [-0.05, 0) is 6.42 Å². The van der Waals surface area contributed by atoms with E-state index in [-0.39, 0.29) is 20.3 Å². The summed E-state index contributed by atoms with van der Waals surface area (Å²) in [6, 6.07) is 0. The molecule has 0 spiro atoms. The summed E-state index contributed by atoms with van der Waals surface area (Å²) in [5, 5.41) is 0. The molecule has 0 N–H and O–H groups in total. The molecule has 0 atom stereocenters. The van der Waals surface area contributed by atoms with Gasteiger partial charge in [-0.1, -0.05) is 19.8 Å². The van der Waals surface area contributed by atoms with Gasteiger partial charge in [-0.25, -0.2) is 0 Å². The maximum Gasteiger partial charge on any atom is 1.00 e. The predicted molar refractivity (Wildman–Crippen MR) is 34.1 cm³/mol. The van der Waals surface area contributed by atoms with E-state index in [9.17, 15) is 0 Å². The molecule has 1 heteroatoms. The van der Waals surface area contributed by atoms with Crippen molar-refractivity contribution in [2.45, 2.75) is 32.6 Å². The maximum absolute atomic E-state index is 5.02. The second-order valence-corrected chi connectivity index (χ2v) is 1.66. The van der Waals surface area contributed by atoms with E-state index in [1.165, 1.54) is 19.3 Å². The van der Waals surface area contributed by atoms with Crippen molar-refractivity contribution in [3.8, 4) is 12.3 Å². The first-order valence-electron chi connectivity index (χ1n) is 2.85. The summed E-state index contributed by atoms with van der Waals surface area (Å²) in [6.07, 6.45) is 9.72. The molecule has 0 bridgehead atoms. The fraction of sp³-hybridized carbons (Fsp3) is 0.714. The molecule has 0 amide bonds. The van der Waals surface area contributed by atoms with Crippen LogP contribution in [0.1, 0.15) is 34.0 Å². The summed E-state index contributed by atoms with van der Waals surface area (Å²) in [4.78, 5) is 0. The topological polar surface area (TPSA) is 0 Å². The standard InChI is InChI=1S/C7H12.Li.H/c1-3-5-7-6-4-2;;/h1H,4-7H2,2H3;;/q;+1;-1. The second-order valence-electron chi connectivity index (χ2n) is 1.66. The SMILES string of the molecule is C#CCCCCC.[H-].[Li+]. The third kappa shape index (κ3) is 9.48. The summed E-state index contributed by atoms with van der Waals surface area (Å²) in [5.41, 5.74) is 0. The molecule has 0 aromatic carbocycles. The maximum atomic E-state index is 5.02. The zero-order valence-electron chi connectivity index (χ0n) is 6.91. The average molecular weight is 104 g/mol. The van der Waals surface area contributed by atoms with E-state index in [2.05, 4.69) is 12.8 Å². The van der Waals surface area contributed by atoms with E-state index in [0.717, 1.165) is 6.42 Å². The molecule has 0 saturated carbocycles. The Morgan fingerprint density at radius 2 is 2.12 bits per heavy atom. The summed E-state index contributed by atoms with van der Waals surface area (Å²) in [6.45, 7) is 2.18. The Bertz CT molecular complexity index is 65.8. The molecule has 0 aromatic rings. The predicted octanol–water partition coefficient (Wildman–Crippen LogP) is -0.684. The Labute approximate surface area is 65.7 Å². The minimum atomic E-state index is 0. The van der Waals surface area contributed by atoms with Crippen LogP contribution in [0.25, 0.3) is 0 Å². The molecule has 0 aliphatic heterocycles. The van der Waals surface area contributed by atoms with E-state index in [1.54, 1.807) is 0 Å². The van der Waals surface area contributed by atoms with Crippen LogP contribution in [0.2, 0.25) is 0 Å². The molecule has 0 aliphatic rings. The van der Waals surface area contributed by atoms with Crippen molar-refractivity contribution < 1.29 is 20.3 Å². The van der Waals surface area contributed by atoms with Crippen molar-refractivity contribution in [2.75, 3.05) is 0 Å². The Morgan fingerprint density at radius 1 is 1.50 bits per heavy atom. The van der Waals surface area contributed by atoms with Crippen LogP contribution < -0.4 is 18.9 Å². The zero-order chi connectivity index (χ0) is 5.54. The third-order valence-corrected chi connectivity index (χ3v) is 0.925. The van der Waals surface area contributed by atoms with Gasteiger partial charge in [0.05, 0.1) is 0 Å². The normalized spacial score (nSPS) is 7.00. The monoisotopic (exact) mass is 104 g/mol. The molecule has 0 heterocycles. The summed E-state index contributed by atoms with van der Waals surface area (Å²) >= 11 is 0. The Hall–Kier alpha value is 0.157. The van der Waals surface area contributed by atoms with Gasteiger partial charge in [0.1, 0.15) is 0 Å².